The zero-order valence-electron chi connectivity index (χ0n) is 12.2. The summed E-state index contributed by atoms with van der Waals surface area (Å²) in [7, 11) is 3.21. The molecule has 1 amide bonds. The molecule has 1 aromatic heterocycles. The van der Waals surface area contributed by atoms with Gasteiger partial charge in [0.1, 0.15) is 0 Å². The van der Waals surface area contributed by atoms with Crippen LogP contribution in [0.1, 0.15) is 16.8 Å². The SMILES string of the molecule is COC[C@@H]1[C@H](NC(=O)c2ccnc(OC)c2)[C@@H]2CCO[C@H]12. The Morgan fingerprint density at radius 1 is 1.52 bits per heavy atom. The van der Waals surface area contributed by atoms with Crippen molar-refractivity contribution in [2.24, 2.45) is 11.8 Å². The van der Waals surface area contributed by atoms with Gasteiger partial charge in [-0.2, -0.15) is 0 Å². The lowest BCUT2D eigenvalue weighted by Crippen LogP contribution is -2.62. The second-order valence-electron chi connectivity index (χ2n) is 5.49. The fourth-order valence-electron chi connectivity index (χ4n) is 3.33. The third kappa shape index (κ3) is 2.61. The number of carbonyl (C=O) groups excluding carboxylic acids is 1. The Bertz CT molecular complexity index is 522. The smallest absolute Gasteiger partial charge is 0.251 e. The first-order valence-electron chi connectivity index (χ1n) is 7.16. The summed E-state index contributed by atoms with van der Waals surface area (Å²) in [5, 5.41) is 3.11. The molecule has 1 saturated heterocycles. The number of methoxy groups -OCH3 is 2. The van der Waals surface area contributed by atoms with Gasteiger partial charge in [0.25, 0.3) is 5.91 Å². The highest BCUT2D eigenvalue weighted by Crippen LogP contribution is 2.43. The van der Waals surface area contributed by atoms with Crippen LogP contribution in [-0.2, 0) is 9.47 Å². The van der Waals surface area contributed by atoms with E-state index in [4.69, 9.17) is 14.2 Å². The van der Waals surface area contributed by atoms with Crippen LogP contribution < -0.4 is 10.1 Å². The number of pyridine rings is 1. The van der Waals surface area contributed by atoms with Gasteiger partial charge in [0.2, 0.25) is 5.88 Å². The molecule has 2 heterocycles. The average molecular weight is 292 g/mol. The molecule has 2 fully saturated rings. The van der Waals surface area contributed by atoms with E-state index in [2.05, 4.69) is 10.3 Å². The molecule has 0 radical (unpaired) electrons. The first-order valence-corrected chi connectivity index (χ1v) is 7.16. The quantitative estimate of drug-likeness (QED) is 0.872. The van der Waals surface area contributed by atoms with E-state index in [1.165, 1.54) is 7.11 Å². The summed E-state index contributed by atoms with van der Waals surface area (Å²) in [6.07, 6.45) is 2.79. The molecule has 1 aliphatic heterocycles. The number of nitrogens with zero attached hydrogens (tertiary/aromatic N) is 1. The average Bonchev–Trinajstić information content (AvgIpc) is 2.94. The predicted octanol–water partition coefficient (Wildman–Crippen LogP) is 0.870. The van der Waals surface area contributed by atoms with Gasteiger partial charge in [-0.05, 0) is 12.5 Å². The molecule has 0 bridgehead atoms. The van der Waals surface area contributed by atoms with Gasteiger partial charge in [-0.15, -0.1) is 0 Å². The van der Waals surface area contributed by atoms with Crippen LogP contribution in [0.4, 0.5) is 0 Å². The number of nitrogens with one attached hydrogen (secondary N) is 1. The first kappa shape index (κ1) is 14.3. The molecule has 6 nitrogen and oxygen atoms in total. The minimum Gasteiger partial charge on any atom is -0.481 e. The van der Waals surface area contributed by atoms with E-state index in [1.54, 1.807) is 25.4 Å². The van der Waals surface area contributed by atoms with E-state index in [-0.39, 0.29) is 24.0 Å². The molecule has 3 rings (SSSR count). The van der Waals surface area contributed by atoms with E-state index in [9.17, 15) is 4.79 Å². The Morgan fingerprint density at radius 2 is 2.38 bits per heavy atom. The highest BCUT2D eigenvalue weighted by Gasteiger charge is 2.54. The zero-order valence-corrected chi connectivity index (χ0v) is 12.2. The van der Waals surface area contributed by atoms with Crippen molar-refractivity contribution in [3.8, 4) is 5.88 Å². The van der Waals surface area contributed by atoms with Crippen LogP contribution in [0.15, 0.2) is 18.3 Å². The van der Waals surface area contributed by atoms with Crippen LogP contribution in [0.5, 0.6) is 5.88 Å². The van der Waals surface area contributed by atoms with Crippen LogP contribution in [0.2, 0.25) is 0 Å². The van der Waals surface area contributed by atoms with Crippen molar-refractivity contribution in [2.75, 3.05) is 27.4 Å². The summed E-state index contributed by atoms with van der Waals surface area (Å²) in [6, 6.07) is 3.44. The maximum atomic E-state index is 12.4. The van der Waals surface area contributed by atoms with Crippen LogP contribution in [0, 0.1) is 11.8 Å². The van der Waals surface area contributed by atoms with E-state index < -0.39 is 0 Å². The van der Waals surface area contributed by atoms with Gasteiger partial charge in [0.05, 0.1) is 19.8 Å². The van der Waals surface area contributed by atoms with Gasteiger partial charge in [-0.1, -0.05) is 0 Å². The van der Waals surface area contributed by atoms with Crippen molar-refractivity contribution < 1.29 is 19.0 Å². The molecule has 114 valence electrons. The minimum atomic E-state index is -0.104. The maximum Gasteiger partial charge on any atom is 0.251 e. The molecule has 0 spiro atoms. The summed E-state index contributed by atoms with van der Waals surface area (Å²) in [4.78, 5) is 16.4. The van der Waals surface area contributed by atoms with E-state index >= 15 is 0 Å². The molecule has 1 aliphatic carbocycles. The standard InChI is InChI=1S/C15H20N2O4/c1-19-8-11-13(10-4-6-21-14(10)11)17-15(18)9-3-5-16-12(7-9)20-2/h3,5,7,10-11,13-14H,4,6,8H2,1-2H3,(H,17,18)/t10-,11+,13+,14-/m0/s1. The molecule has 1 aromatic rings. The minimum absolute atomic E-state index is 0.104. The van der Waals surface area contributed by atoms with Crippen LogP contribution in [0.25, 0.3) is 0 Å². The summed E-state index contributed by atoms with van der Waals surface area (Å²) >= 11 is 0. The van der Waals surface area contributed by atoms with Crippen molar-refractivity contribution >= 4 is 5.91 Å². The number of rotatable bonds is 5. The Balaban J connectivity index is 1.68. The lowest BCUT2D eigenvalue weighted by Gasteiger charge is -2.47. The van der Waals surface area contributed by atoms with Gasteiger partial charge in [-0.25, -0.2) is 4.98 Å². The molecule has 2 aliphatic rings. The summed E-state index contributed by atoms with van der Waals surface area (Å²) < 4.78 is 16.0. The third-order valence-corrected chi connectivity index (χ3v) is 4.39. The fourth-order valence-corrected chi connectivity index (χ4v) is 3.33. The topological polar surface area (TPSA) is 69.7 Å². The number of carbonyl (C=O) groups is 1. The fraction of sp³-hybridized carbons (Fsp3) is 0.600. The Hall–Kier alpha value is -1.66. The normalized spacial score (nSPS) is 30.4. The number of aromatic nitrogens is 1. The molecule has 1 N–H and O–H groups in total. The lowest BCUT2D eigenvalue weighted by atomic mass is 9.67. The van der Waals surface area contributed by atoms with Crippen molar-refractivity contribution in [3.05, 3.63) is 23.9 Å². The largest absolute Gasteiger partial charge is 0.481 e. The first-order chi connectivity index (χ1) is 10.2. The van der Waals surface area contributed by atoms with Crippen molar-refractivity contribution in [2.45, 2.75) is 18.6 Å². The third-order valence-electron chi connectivity index (χ3n) is 4.39. The molecule has 21 heavy (non-hydrogen) atoms. The summed E-state index contributed by atoms with van der Waals surface area (Å²) in [5.41, 5.74) is 0.556. The molecule has 0 aromatic carbocycles. The monoisotopic (exact) mass is 292 g/mol. The molecule has 0 unspecified atom stereocenters. The lowest BCUT2D eigenvalue weighted by molar-refractivity contribution is -0.0809. The molecular weight excluding hydrogens is 272 g/mol. The van der Waals surface area contributed by atoms with Crippen molar-refractivity contribution in [1.82, 2.24) is 10.3 Å². The molecular formula is C15H20N2O4. The van der Waals surface area contributed by atoms with Gasteiger partial charge in [0.15, 0.2) is 0 Å². The zero-order chi connectivity index (χ0) is 14.8. The summed E-state index contributed by atoms with van der Waals surface area (Å²) in [6.45, 7) is 1.37. The van der Waals surface area contributed by atoms with Crippen LogP contribution in [-0.4, -0.2) is 50.5 Å². The second-order valence-corrected chi connectivity index (χ2v) is 5.49. The number of hydrogen-bond acceptors (Lipinski definition) is 5. The molecule has 6 heteroatoms. The van der Waals surface area contributed by atoms with E-state index in [1.807, 2.05) is 0 Å². The number of fused-ring (bicyclic) bond motifs is 1. The number of hydrogen-bond donors (Lipinski definition) is 1. The summed E-state index contributed by atoms with van der Waals surface area (Å²) in [5.74, 6) is 0.965. The Kier molecular flexibility index (Phi) is 4.07. The number of ether oxygens (including phenoxy) is 3. The Morgan fingerprint density at radius 3 is 3.14 bits per heavy atom. The van der Waals surface area contributed by atoms with Crippen molar-refractivity contribution in [3.63, 3.8) is 0 Å². The van der Waals surface area contributed by atoms with Gasteiger partial charge < -0.3 is 19.5 Å². The van der Waals surface area contributed by atoms with E-state index in [0.717, 1.165) is 13.0 Å². The van der Waals surface area contributed by atoms with Gasteiger partial charge in [-0.3, -0.25) is 4.79 Å². The highest BCUT2D eigenvalue weighted by atomic mass is 16.5. The second kappa shape index (κ2) is 5.99. The van der Waals surface area contributed by atoms with Gasteiger partial charge in [0, 0.05) is 49.4 Å². The molecule has 4 atom stereocenters. The van der Waals surface area contributed by atoms with Crippen LogP contribution in [0.3, 0.4) is 0 Å². The predicted molar refractivity (Wildman–Crippen MR) is 75.3 cm³/mol. The number of amides is 1. The van der Waals surface area contributed by atoms with E-state index in [0.29, 0.717) is 24.0 Å². The molecule has 1 saturated carbocycles. The highest BCUT2D eigenvalue weighted by molar-refractivity contribution is 5.94. The Labute approximate surface area is 123 Å². The van der Waals surface area contributed by atoms with Crippen LogP contribution >= 0.6 is 0 Å². The van der Waals surface area contributed by atoms with Gasteiger partial charge >= 0.3 is 0 Å². The van der Waals surface area contributed by atoms with Crippen molar-refractivity contribution in [1.29, 1.82) is 0 Å². The maximum absolute atomic E-state index is 12.4.